The fourth-order valence-corrected chi connectivity index (χ4v) is 3.21. The number of rotatable bonds is 7. The van der Waals surface area contributed by atoms with Crippen molar-refractivity contribution in [2.75, 3.05) is 39.4 Å². The number of benzene rings is 1. The summed E-state index contributed by atoms with van der Waals surface area (Å²) in [6, 6.07) is 9.09. The molecule has 1 fully saturated rings. The molecule has 1 aliphatic rings. The number of morpholine rings is 1. The zero-order valence-electron chi connectivity index (χ0n) is 15.3. The largest absolute Gasteiger partial charge is 0.379 e. The maximum absolute atomic E-state index is 5.63. The molecule has 1 saturated heterocycles. The first-order valence-corrected chi connectivity index (χ1v) is 9.36. The van der Waals surface area contributed by atoms with E-state index >= 15 is 0 Å². The Kier molecular flexibility index (Phi) is 7.95. The van der Waals surface area contributed by atoms with Crippen LogP contribution in [0, 0.1) is 6.92 Å². The van der Waals surface area contributed by atoms with Crippen molar-refractivity contribution in [2.24, 2.45) is 0 Å². The van der Waals surface area contributed by atoms with Crippen molar-refractivity contribution in [1.29, 1.82) is 0 Å². The van der Waals surface area contributed by atoms with Gasteiger partial charge in [0.05, 0.1) is 13.2 Å². The molecule has 134 valence electrons. The summed E-state index contributed by atoms with van der Waals surface area (Å²) in [5, 5.41) is 4.24. The van der Waals surface area contributed by atoms with E-state index in [-0.39, 0.29) is 0 Å². The highest BCUT2D eigenvalue weighted by Crippen LogP contribution is 2.09. The summed E-state index contributed by atoms with van der Waals surface area (Å²) < 4.78 is 5.41. The van der Waals surface area contributed by atoms with E-state index in [4.69, 9.17) is 17.0 Å². The van der Waals surface area contributed by atoms with Crippen molar-refractivity contribution >= 4 is 17.3 Å². The van der Waals surface area contributed by atoms with Crippen LogP contribution in [-0.2, 0) is 11.3 Å². The third kappa shape index (κ3) is 6.75. The minimum absolute atomic E-state index is 0.359. The number of aryl methyl sites for hydroxylation is 1. The lowest BCUT2D eigenvalue weighted by atomic mass is 10.1. The summed E-state index contributed by atoms with van der Waals surface area (Å²) in [6.45, 7) is 13.1. The SMILES string of the molecule is Cc1ccc(CN(CCCN2CCOCC2)C(=S)NC(C)C)cc1. The van der Waals surface area contributed by atoms with E-state index in [1.807, 2.05) is 0 Å². The average molecular weight is 350 g/mol. The smallest absolute Gasteiger partial charge is 0.169 e. The van der Waals surface area contributed by atoms with Crippen LogP contribution < -0.4 is 5.32 Å². The Morgan fingerprint density at radius 3 is 2.54 bits per heavy atom. The Morgan fingerprint density at radius 2 is 1.92 bits per heavy atom. The van der Waals surface area contributed by atoms with Crippen molar-refractivity contribution in [3.8, 4) is 0 Å². The molecule has 5 heteroatoms. The fourth-order valence-electron chi connectivity index (χ4n) is 2.81. The second kappa shape index (κ2) is 9.97. The van der Waals surface area contributed by atoms with Crippen molar-refractivity contribution in [1.82, 2.24) is 15.1 Å². The third-order valence-corrected chi connectivity index (χ3v) is 4.58. The summed E-state index contributed by atoms with van der Waals surface area (Å²) in [7, 11) is 0. The van der Waals surface area contributed by atoms with Gasteiger partial charge in [0, 0.05) is 38.8 Å². The van der Waals surface area contributed by atoms with Gasteiger partial charge in [-0.05, 0) is 45.0 Å². The molecule has 1 N–H and O–H groups in total. The zero-order chi connectivity index (χ0) is 17.4. The van der Waals surface area contributed by atoms with Crippen molar-refractivity contribution in [3.05, 3.63) is 35.4 Å². The highest BCUT2D eigenvalue weighted by molar-refractivity contribution is 7.80. The summed E-state index contributed by atoms with van der Waals surface area (Å²) in [4.78, 5) is 4.77. The Hall–Kier alpha value is -1.17. The summed E-state index contributed by atoms with van der Waals surface area (Å²) >= 11 is 5.63. The average Bonchev–Trinajstić information content (AvgIpc) is 2.56. The van der Waals surface area contributed by atoms with Gasteiger partial charge in [-0.15, -0.1) is 0 Å². The van der Waals surface area contributed by atoms with Crippen LogP contribution >= 0.6 is 12.2 Å². The molecule has 0 bridgehead atoms. The molecule has 0 spiro atoms. The van der Waals surface area contributed by atoms with Gasteiger partial charge in [0.15, 0.2) is 5.11 Å². The number of hydrogen-bond donors (Lipinski definition) is 1. The van der Waals surface area contributed by atoms with Gasteiger partial charge < -0.3 is 15.0 Å². The van der Waals surface area contributed by atoms with Crippen LogP contribution in [0.4, 0.5) is 0 Å². The van der Waals surface area contributed by atoms with Crippen LogP contribution in [0.2, 0.25) is 0 Å². The van der Waals surface area contributed by atoms with Gasteiger partial charge in [-0.2, -0.15) is 0 Å². The second-order valence-electron chi connectivity index (χ2n) is 6.82. The minimum atomic E-state index is 0.359. The lowest BCUT2D eigenvalue weighted by molar-refractivity contribution is 0.0367. The number of hydrogen-bond acceptors (Lipinski definition) is 3. The Morgan fingerprint density at radius 1 is 1.25 bits per heavy atom. The van der Waals surface area contributed by atoms with Crippen LogP contribution in [0.3, 0.4) is 0 Å². The fraction of sp³-hybridized carbons (Fsp3) is 0.632. The minimum Gasteiger partial charge on any atom is -0.379 e. The second-order valence-corrected chi connectivity index (χ2v) is 7.21. The van der Waals surface area contributed by atoms with Crippen LogP contribution in [0.5, 0.6) is 0 Å². The van der Waals surface area contributed by atoms with Crippen LogP contribution in [-0.4, -0.2) is 60.3 Å². The topological polar surface area (TPSA) is 27.7 Å². The Bertz CT molecular complexity index is 498. The van der Waals surface area contributed by atoms with E-state index in [9.17, 15) is 0 Å². The molecule has 24 heavy (non-hydrogen) atoms. The molecule has 1 heterocycles. The van der Waals surface area contributed by atoms with E-state index in [0.29, 0.717) is 6.04 Å². The summed E-state index contributed by atoms with van der Waals surface area (Å²) in [5.41, 5.74) is 2.60. The van der Waals surface area contributed by atoms with E-state index < -0.39 is 0 Å². The first-order chi connectivity index (χ1) is 11.5. The highest BCUT2D eigenvalue weighted by Gasteiger charge is 2.14. The molecule has 0 aliphatic carbocycles. The van der Waals surface area contributed by atoms with E-state index in [1.165, 1.54) is 11.1 Å². The van der Waals surface area contributed by atoms with Crippen molar-refractivity contribution in [2.45, 2.75) is 39.8 Å². The highest BCUT2D eigenvalue weighted by atomic mass is 32.1. The first-order valence-electron chi connectivity index (χ1n) is 8.95. The third-order valence-electron chi connectivity index (χ3n) is 4.20. The molecule has 4 nitrogen and oxygen atoms in total. The van der Waals surface area contributed by atoms with E-state index in [2.05, 4.69) is 60.2 Å². The molecular weight excluding hydrogens is 318 g/mol. The van der Waals surface area contributed by atoms with Gasteiger partial charge in [-0.25, -0.2) is 0 Å². The molecule has 1 aromatic carbocycles. The van der Waals surface area contributed by atoms with Crippen LogP contribution in [0.1, 0.15) is 31.4 Å². The lowest BCUT2D eigenvalue weighted by Gasteiger charge is -2.30. The monoisotopic (exact) mass is 349 g/mol. The molecule has 0 saturated carbocycles. The van der Waals surface area contributed by atoms with E-state index in [0.717, 1.165) is 57.5 Å². The number of thiocarbonyl (C=S) groups is 1. The van der Waals surface area contributed by atoms with Gasteiger partial charge in [0.2, 0.25) is 0 Å². The Labute approximate surface area is 152 Å². The molecule has 0 radical (unpaired) electrons. The molecule has 0 aromatic heterocycles. The van der Waals surface area contributed by atoms with Crippen LogP contribution in [0.25, 0.3) is 0 Å². The van der Waals surface area contributed by atoms with Crippen LogP contribution in [0.15, 0.2) is 24.3 Å². The van der Waals surface area contributed by atoms with Gasteiger partial charge in [-0.1, -0.05) is 29.8 Å². The van der Waals surface area contributed by atoms with E-state index in [1.54, 1.807) is 0 Å². The maximum Gasteiger partial charge on any atom is 0.169 e. The van der Waals surface area contributed by atoms with Crippen molar-refractivity contribution in [3.63, 3.8) is 0 Å². The van der Waals surface area contributed by atoms with Gasteiger partial charge >= 0.3 is 0 Å². The first kappa shape index (κ1) is 19.2. The Balaban J connectivity index is 1.88. The van der Waals surface area contributed by atoms with Gasteiger partial charge in [0.25, 0.3) is 0 Å². The molecule has 0 amide bonds. The number of nitrogens with one attached hydrogen (secondary N) is 1. The predicted octanol–water partition coefficient (Wildman–Crippen LogP) is 2.80. The molecule has 0 atom stereocenters. The molecular formula is C19H31N3OS. The number of ether oxygens (including phenoxy) is 1. The zero-order valence-corrected chi connectivity index (χ0v) is 16.1. The summed E-state index contributed by atoms with van der Waals surface area (Å²) in [6.07, 6.45) is 1.12. The lowest BCUT2D eigenvalue weighted by Crippen LogP contribution is -2.44. The van der Waals surface area contributed by atoms with Crippen molar-refractivity contribution < 1.29 is 4.74 Å². The maximum atomic E-state index is 5.63. The molecule has 0 unspecified atom stereocenters. The van der Waals surface area contributed by atoms with Gasteiger partial charge in [-0.3, -0.25) is 4.90 Å². The quantitative estimate of drug-likeness (QED) is 0.764. The predicted molar refractivity (Wildman–Crippen MR) is 104 cm³/mol. The summed E-state index contributed by atoms with van der Waals surface area (Å²) in [5.74, 6) is 0. The molecule has 2 rings (SSSR count). The molecule has 1 aromatic rings. The molecule has 1 aliphatic heterocycles. The normalized spacial score (nSPS) is 15.5. The number of nitrogens with zero attached hydrogens (tertiary/aromatic N) is 2. The van der Waals surface area contributed by atoms with Gasteiger partial charge in [0.1, 0.15) is 0 Å². The standard InChI is InChI=1S/C19H31N3OS/c1-16(2)20-19(24)22(15-18-7-5-17(3)6-8-18)10-4-9-21-11-13-23-14-12-21/h5-8,16H,4,9-15H2,1-3H3,(H,20,24).